The quantitative estimate of drug-likeness (QED) is 0.284. The first-order valence-electron chi connectivity index (χ1n) is 11.3. The Morgan fingerprint density at radius 2 is 1.51 bits per heavy atom. The lowest BCUT2D eigenvalue weighted by atomic mass is 9.94. The molecule has 2 aromatic rings. The Hall–Kier alpha value is -3.88. The average Bonchev–Trinajstić information content (AvgIpc) is 2.81. The molecule has 188 valence electrons. The Bertz CT molecular complexity index is 1050. The fraction of sp³-hybridized carbons (Fsp3) is 0.385. The van der Waals surface area contributed by atoms with E-state index in [4.69, 9.17) is 24.7 Å². The first-order valence-corrected chi connectivity index (χ1v) is 11.3. The monoisotopic (exact) mass is 485 g/mol. The van der Waals surface area contributed by atoms with Crippen LogP contribution in [0.4, 0.5) is 5.69 Å². The summed E-state index contributed by atoms with van der Waals surface area (Å²) in [5.41, 5.74) is 6.79. The zero-order valence-corrected chi connectivity index (χ0v) is 20.4. The van der Waals surface area contributed by atoms with E-state index in [0.29, 0.717) is 12.8 Å². The van der Waals surface area contributed by atoms with Crippen molar-refractivity contribution in [2.45, 2.75) is 47.1 Å². The zero-order chi connectivity index (χ0) is 26.0. The molecule has 0 radical (unpaired) electrons. The summed E-state index contributed by atoms with van der Waals surface area (Å²) < 4.78 is 20.9. The van der Waals surface area contributed by atoms with Gasteiger partial charge in [0.2, 0.25) is 0 Å². The highest BCUT2D eigenvalue weighted by Gasteiger charge is 2.23. The van der Waals surface area contributed by atoms with E-state index in [0.717, 1.165) is 5.56 Å². The fourth-order valence-corrected chi connectivity index (χ4v) is 3.35. The second-order valence-corrected chi connectivity index (χ2v) is 8.21. The normalized spacial score (nSPS) is 12.2. The number of esters is 4. The molecular weight excluding hydrogens is 454 g/mol. The van der Waals surface area contributed by atoms with Gasteiger partial charge in [0.1, 0.15) is 6.61 Å². The van der Waals surface area contributed by atoms with Gasteiger partial charge in [0.05, 0.1) is 23.8 Å². The first-order chi connectivity index (χ1) is 16.6. The van der Waals surface area contributed by atoms with E-state index in [9.17, 15) is 19.2 Å². The maximum absolute atomic E-state index is 12.6. The highest BCUT2D eigenvalue weighted by atomic mass is 16.6. The van der Waals surface area contributed by atoms with Gasteiger partial charge in [-0.3, -0.25) is 14.4 Å². The van der Waals surface area contributed by atoms with E-state index in [1.54, 1.807) is 0 Å². The van der Waals surface area contributed by atoms with Gasteiger partial charge in [-0.1, -0.05) is 44.2 Å². The SMILES string of the molecule is CCC(CC(C)COC(=O)c1cc(OC(C)=O)c(OC(C)=O)cc1N)C(=O)OCc1ccccc1. The van der Waals surface area contributed by atoms with E-state index in [2.05, 4.69) is 0 Å². The molecule has 0 heterocycles. The predicted molar refractivity (Wildman–Crippen MR) is 128 cm³/mol. The topological polar surface area (TPSA) is 131 Å². The third-order valence-corrected chi connectivity index (χ3v) is 5.08. The summed E-state index contributed by atoms with van der Waals surface area (Å²) in [5, 5.41) is 0. The fourth-order valence-electron chi connectivity index (χ4n) is 3.35. The molecule has 35 heavy (non-hydrogen) atoms. The standard InChI is InChI=1S/C26H31NO8/c1-5-20(25(30)33-15-19-9-7-6-8-10-19)11-16(2)14-32-26(31)21-12-23(34-17(3)28)24(13-22(21)27)35-18(4)29/h6-10,12-13,16,20H,5,11,14-15,27H2,1-4H3. The number of nitrogen functional groups attached to an aromatic ring is 1. The van der Waals surface area contributed by atoms with Gasteiger partial charge in [-0.2, -0.15) is 0 Å². The number of carbonyl (C=O) groups excluding carboxylic acids is 4. The molecule has 9 heteroatoms. The van der Waals surface area contributed by atoms with E-state index in [1.807, 2.05) is 44.2 Å². The number of anilines is 1. The summed E-state index contributed by atoms with van der Waals surface area (Å²) in [6, 6.07) is 11.8. The Morgan fingerprint density at radius 1 is 0.914 bits per heavy atom. The molecule has 0 saturated heterocycles. The van der Waals surface area contributed by atoms with Crippen LogP contribution in [0.5, 0.6) is 11.5 Å². The van der Waals surface area contributed by atoms with Crippen molar-refractivity contribution in [3.63, 3.8) is 0 Å². The maximum atomic E-state index is 12.6. The van der Waals surface area contributed by atoms with Crippen LogP contribution in [-0.4, -0.2) is 30.5 Å². The third kappa shape index (κ3) is 8.77. The molecule has 2 unspecified atom stereocenters. The smallest absolute Gasteiger partial charge is 0.340 e. The number of hydrogen-bond donors (Lipinski definition) is 1. The van der Waals surface area contributed by atoms with Gasteiger partial charge in [0, 0.05) is 26.0 Å². The average molecular weight is 486 g/mol. The largest absolute Gasteiger partial charge is 0.462 e. The van der Waals surface area contributed by atoms with Crippen LogP contribution < -0.4 is 15.2 Å². The summed E-state index contributed by atoms with van der Waals surface area (Å²) in [6.45, 7) is 6.34. The minimum absolute atomic E-state index is 0.00858. The Labute approximate surface area is 204 Å². The van der Waals surface area contributed by atoms with Crippen molar-refractivity contribution in [2.75, 3.05) is 12.3 Å². The van der Waals surface area contributed by atoms with Crippen LogP contribution in [-0.2, 0) is 30.5 Å². The van der Waals surface area contributed by atoms with E-state index < -0.39 is 17.9 Å². The van der Waals surface area contributed by atoms with E-state index >= 15 is 0 Å². The zero-order valence-electron chi connectivity index (χ0n) is 20.4. The molecule has 0 amide bonds. The number of carbonyl (C=O) groups is 4. The lowest BCUT2D eigenvalue weighted by Crippen LogP contribution is -2.22. The van der Waals surface area contributed by atoms with Gasteiger partial charge in [-0.05, 0) is 24.3 Å². The molecule has 0 aliphatic heterocycles. The molecule has 0 bridgehead atoms. The minimum atomic E-state index is -0.739. The summed E-state index contributed by atoms with van der Waals surface area (Å²) in [6.07, 6.45) is 1.05. The number of hydrogen-bond acceptors (Lipinski definition) is 9. The predicted octanol–water partition coefficient (Wildman–Crippen LogP) is 4.07. The summed E-state index contributed by atoms with van der Waals surface area (Å²) in [7, 11) is 0. The van der Waals surface area contributed by atoms with Crippen molar-refractivity contribution in [3.8, 4) is 11.5 Å². The van der Waals surface area contributed by atoms with Crippen LogP contribution in [0.15, 0.2) is 42.5 Å². The second-order valence-electron chi connectivity index (χ2n) is 8.21. The number of ether oxygens (including phenoxy) is 4. The lowest BCUT2D eigenvalue weighted by Gasteiger charge is -2.19. The van der Waals surface area contributed by atoms with Gasteiger partial charge in [0.15, 0.2) is 11.5 Å². The summed E-state index contributed by atoms with van der Waals surface area (Å²) in [4.78, 5) is 47.8. The molecule has 0 saturated carbocycles. The highest BCUT2D eigenvalue weighted by molar-refractivity contribution is 5.96. The molecule has 2 rings (SSSR count). The van der Waals surface area contributed by atoms with Gasteiger partial charge in [-0.15, -0.1) is 0 Å². The third-order valence-electron chi connectivity index (χ3n) is 5.08. The van der Waals surface area contributed by atoms with Crippen molar-refractivity contribution in [2.24, 2.45) is 11.8 Å². The Morgan fingerprint density at radius 3 is 2.09 bits per heavy atom. The molecule has 0 aliphatic rings. The number of nitrogens with two attached hydrogens (primary N) is 1. The lowest BCUT2D eigenvalue weighted by molar-refractivity contribution is -0.150. The van der Waals surface area contributed by atoms with Gasteiger partial charge in [-0.25, -0.2) is 4.79 Å². The molecule has 0 aliphatic carbocycles. The summed E-state index contributed by atoms with van der Waals surface area (Å²) in [5.74, 6) is -3.04. The molecule has 2 aromatic carbocycles. The number of rotatable bonds is 11. The molecule has 2 N–H and O–H groups in total. The van der Waals surface area contributed by atoms with E-state index in [1.165, 1.54) is 26.0 Å². The highest BCUT2D eigenvalue weighted by Crippen LogP contribution is 2.33. The molecule has 0 spiro atoms. The van der Waals surface area contributed by atoms with Crippen LogP contribution in [0, 0.1) is 11.8 Å². The molecule has 0 aromatic heterocycles. The maximum Gasteiger partial charge on any atom is 0.340 e. The second kappa shape index (κ2) is 13.1. The van der Waals surface area contributed by atoms with Crippen molar-refractivity contribution in [1.82, 2.24) is 0 Å². The van der Waals surface area contributed by atoms with Crippen LogP contribution in [0.3, 0.4) is 0 Å². The van der Waals surface area contributed by atoms with Gasteiger partial charge < -0.3 is 24.7 Å². The Kier molecular flexibility index (Phi) is 10.3. The Balaban J connectivity index is 1.98. The van der Waals surface area contributed by atoms with E-state index in [-0.39, 0.29) is 53.8 Å². The van der Waals surface area contributed by atoms with Crippen molar-refractivity contribution >= 4 is 29.6 Å². The molecular formula is C26H31NO8. The molecule has 9 nitrogen and oxygen atoms in total. The number of benzene rings is 2. The summed E-state index contributed by atoms with van der Waals surface area (Å²) >= 11 is 0. The molecule has 0 fully saturated rings. The van der Waals surface area contributed by atoms with Gasteiger partial charge >= 0.3 is 23.9 Å². The molecule has 2 atom stereocenters. The van der Waals surface area contributed by atoms with Crippen LogP contribution in [0.1, 0.15) is 56.5 Å². The minimum Gasteiger partial charge on any atom is -0.462 e. The van der Waals surface area contributed by atoms with Crippen molar-refractivity contribution < 1.29 is 38.1 Å². The van der Waals surface area contributed by atoms with Crippen LogP contribution >= 0.6 is 0 Å². The van der Waals surface area contributed by atoms with Crippen molar-refractivity contribution in [3.05, 3.63) is 53.6 Å². The first kappa shape index (κ1) is 27.4. The van der Waals surface area contributed by atoms with Gasteiger partial charge in [0.25, 0.3) is 0 Å². The van der Waals surface area contributed by atoms with Crippen LogP contribution in [0.25, 0.3) is 0 Å². The van der Waals surface area contributed by atoms with Crippen molar-refractivity contribution in [1.29, 1.82) is 0 Å². The van der Waals surface area contributed by atoms with Crippen LogP contribution in [0.2, 0.25) is 0 Å².